The standard InChI is InChI=1S/C10H19NO3S/c1-14-9(12)5-3-2-4-8-10(13)7(11)6-15-8/h7-8,10,13H,2-6,11H2,1H3/t7-,8+,10+/m1/s1. The summed E-state index contributed by atoms with van der Waals surface area (Å²) in [7, 11) is 1.40. The van der Waals surface area contributed by atoms with Crippen molar-refractivity contribution in [3.05, 3.63) is 0 Å². The van der Waals surface area contributed by atoms with Gasteiger partial charge in [-0.2, -0.15) is 11.8 Å². The average Bonchev–Trinajstić information content (AvgIpc) is 2.55. The van der Waals surface area contributed by atoms with Crippen LogP contribution in [0.2, 0.25) is 0 Å². The number of ether oxygens (including phenoxy) is 1. The summed E-state index contributed by atoms with van der Waals surface area (Å²) in [5.41, 5.74) is 5.70. The van der Waals surface area contributed by atoms with Gasteiger partial charge < -0.3 is 15.6 Å². The number of methoxy groups -OCH3 is 1. The van der Waals surface area contributed by atoms with Crippen molar-refractivity contribution in [1.82, 2.24) is 0 Å². The maximum absolute atomic E-state index is 10.8. The van der Waals surface area contributed by atoms with Crippen molar-refractivity contribution in [3.8, 4) is 0 Å². The van der Waals surface area contributed by atoms with E-state index in [2.05, 4.69) is 4.74 Å². The van der Waals surface area contributed by atoms with Crippen LogP contribution in [0, 0.1) is 0 Å². The van der Waals surface area contributed by atoms with Gasteiger partial charge in [0.25, 0.3) is 0 Å². The summed E-state index contributed by atoms with van der Waals surface area (Å²) in [5.74, 6) is 0.675. The Bertz CT molecular complexity index is 213. The summed E-state index contributed by atoms with van der Waals surface area (Å²) < 4.78 is 4.55. The molecule has 0 unspecified atom stereocenters. The molecule has 0 aromatic rings. The lowest BCUT2D eigenvalue weighted by Gasteiger charge is -2.15. The Morgan fingerprint density at radius 2 is 2.33 bits per heavy atom. The molecular weight excluding hydrogens is 214 g/mol. The van der Waals surface area contributed by atoms with Crippen LogP contribution in [-0.4, -0.2) is 41.3 Å². The van der Waals surface area contributed by atoms with Crippen molar-refractivity contribution >= 4 is 17.7 Å². The number of aliphatic hydroxyl groups is 1. The van der Waals surface area contributed by atoms with Gasteiger partial charge in [0.1, 0.15) is 0 Å². The molecule has 0 aromatic carbocycles. The van der Waals surface area contributed by atoms with E-state index in [1.54, 1.807) is 11.8 Å². The molecule has 0 spiro atoms. The van der Waals surface area contributed by atoms with Gasteiger partial charge in [0, 0.05) is 23.5 Å². The molecule has 1 saturated heterocycles. The Balaban J connectivity index is 2.08. The molecule has 0 bridgehead atoms. The predicted octanol–water partition coefficient (Wildman–Crippen LogP) is 0.523. The second-order valence-electron chi connectivity index (χ2n) is 3.85. The monoisotopic (exact) mass is 233 g/mol. The topological polar surface area (TPSA) is 72.5 Å². The van der Waals surface area contributed by atoms with Gasteiger partial charge >= 0.3 is 5.97 Å². The zero-order valence-electron chi connectivity index (χ0n) is 9.02. The van der Waals surface area contributed by atoms with E-state index in [0.29, 0.717) is 6.42 Å². The zero-order valence-corrected chi connectivity index (χ0v) is 9.83. The molecule has 1 heterocycles. The Hall–Kier alpha value is -0.260. The van der Waals surface area contributed by atoms with Crippen LogP contribution in [0.3, 0.4) is 0 Å². The van der Waals surface area contributed by atoms with Crippen molar-refractivity contribution in [2.75, 3.05) is 12.9 Å². The number of thioether (sulfide) groups is 1. The molecule has 1 aliphatic rings. The minimum atomic E-state index is -0.381. The molecule has 1 aliphatic heterocycles. The Morgan fingerprint density at radius 1 is 1.60 bits per heavy atom. The molecule has 5 heteroatoms. The smallest absolute Gasteiger partial charge is 0.305 e. The third kappa shape index (κ3) is 4.01. The number of esters is 1. The summed E-state index contributed by atoms with van der Waals surface area (Å²) in [6, 6.07) is -0.0828. The zero-order chi connectivity index (χ0) is 11.3. The number of hydrogen-bond acceptors (Lipinski definition) is 5. The molecule has 0 radical (unpaired) electrons. The van der Waals surface area contributed by atoms with Gasteiger partial charge in [-0.25, -0.2) is 0 Å². The summed E-state index contributed by atoms with van der Waals surface area (Å²) in [4.78, 5) is 10.8. The van der Waals surface area contributed by atoms with E-state index in [1.165, 1.54) is 7.11 Å². The van der Waals surface area contributed by atoms with E-state index in [1.807, 2.05) is 0 Å². The number of unbranched alkanes of at least 4 members (excludes halogenated alkanes) is 1. The lowest BCUT2D eigenvalue weighted by atomic mass is 10.0. The largest absolute Gasteiger partial charge is 0.469 e. The number of carbonyl (C=O) groups is 1. The van der Waals surface area contributed by atoms with Crippen LogP contribution in [0.1, 0.15) is 25.7 Å². The van der Waals surface area contributed by atoms with Gasteiger partial charge in [0.15, 0.2) is 0 Å². The SMILES string of the molecule is COC(=O)CCCC[C@@H]1SC[C@@H](N)[C@@H]1O. The molecular formula is C10H19NO3S. The van der Waals surface area contributed by atoms with Gasteiger partial charge in [-0.05, 0) is 12.8 Å². The molecule has 1 rings (SSSR count). The van der Waals surface area contributed by atoms with Crippen LogP contribution in [-0.2, 0) is 9.53 Å². The quantitative estimate of drug-likeness (QED) is 0.535. The maximum atomic E-state index is 10.8. The molecule has 0 saturated carbocycles. The first kappa shape index (κ1) is 12.8. The minimum absolute atomic E-state index is 0.0828. The first-order chi connectivity index (χ1) is 7.15. The highest BCUT2D eigenvalue weighted by atomic mass is 32.2. The second kappa shape index (κ2) is 6.35. The van der Waals surface area contributed by atoms with Gasteiger partial charge in [-0.15, -0.1) is 0 Å². The number of aliphatic hydroxyl groups excluding tert-OH is 1. The number of hydrogen-bond donors (Lipinski definition) is 2. The van der Waals surface area contributed by atoms with E-state index in [0.717, 1.165) is 25.0 Å². The van der Waals surface area contributed by atoms with Crippen LogP contribution < -0.4 is 5.73 Å². The minimum Gasteiger partial charge on any atom is -0.469 e. The van der Waals surface area contributed by atoms with Crippen LogP contribution >= 0.6 is 11.8 Å². The first-order valence-corrected chi connectivity index (χ1v) is 6.32. The predicted molar refractivity (Wildman–Crippen MR) is 60.7 cm³/mol. The van der Waals surface area contributed by atoms with Crippen molar-refractivity contribution in [2.45, 2.75) is 43.1 Å². The third-order valence-electron chi connectivity index (χ3n) is 2.67. The van der Waals surface area contributed by atoms with Crippen molar-refractivity contribution in [1.29, 1.82) is 0 Å². The molecule has 3 N–H and O–H groups in total. The van der Waals surface area contributed by atoms with Crippen LogP contribution in [0.25, 0.3) is 0 Å². The van der Waals surface area contributed by atoms with E-state index in [9.17, 15) is 9.90 Å². The van der Waals surface area contributed by atoms with E-state index >= 15 is 0 Å². The van der Waals surface area contributed by atoms with Crippen molar-refractivity contribution in [2.24, 2.45) is 5.73 Å². The Kier molecular flexibility index (Phi) is 5.42. The average molecular weight is 233 g/mol. The number of rotatable bonds is 5. The van der Waals surface area contributed by atoms with Gasteiger partial charge in [0.05, 0.1) is 13.2 Å². The second-order valence-corrected chi connectivity index (χ2v) is 5.12. The first-order valence-electron chi connectivity index (χ1n) is 5.27. The van der Waals surface area contributed by atoms with Crippen LogP contribution in [0.5, 0.6) is 0 Å². The summed E-state index contributed by atoms with van der Waals surface area (Å²) >= 11 is 1.73. The summed E-state index contributed by atoms with van der Waals surface area (Å²) in [6.45, 7) is 0. The summed E-state index contributed by atoms with van der Waals surface area (Å²) in [6.07, 6.45) is 2.78. The Morgan fingerprint density at radius 3 is 2.87 bits per heavy atom. The highest BCUT2D eigenvalue weighted by molar-refractivity contribution is 8.00. The van der Waals surface area contributed by atoms with E-state index in [-0.39, 0.29) is 23.4 Å². The van der Waals surface area contributed by atoms with Crippen molar-refractivity contribution < 1.29 is 14.6 Å². The van der Waals surface area contributed by atoms with Crippen LogP contribution in [0.15, 0.2) is 0 Å². The fourth-order valence-electron chi connectivity index (χ4n) is 1.68. The molecule has 88 valence electrons. The lowest BCUT2D eigenvalue weighted by Crippen LogP contribution is -2.36. The van der Waals surface area contributed by atoms with E-state index < -0.39 is 0 Å². The normalized spacial score (nSPS) is 30.5. The summed E-state index contributed by atoms with van der Waals surface area (Å²) in [5, 5.41) is 9.92. The fourth-order valence-corrected chi connectivity index (χ4v) is 3.08. The molecule has 1 fully saturated rings. The number of nitrogens with two attached hydrogens (primary N) is 1. The molecule has 3 atom stereocenters. The molecule has 0 aliphatic carbocycles. The molecule has 4 nitrogen and oxygen atoms in total. The van der Waals surface area contributed by atoms with Gasteiger partial charge in [0.2, 0.25) is 0 Å². The molecule has 15 heavy (non-hydrogen) atoms. The lowest BCUT2D eigenvalue weighted by molar-refractivity contribution is -0.140. The highest BCUT2D eigenvalue weighted by Crippen LogP contribution is 2.30. The van der Waals surface area contributed by atoms with Crippen molar-refractivity contribution in [3.63, 3.8) is 0 Å². The van der Waals surface area contributed by atoms with E-state index in [4.69, 9.17) is 5.73 Å². The van der Waals surface area contributed by atoms with Gasteiger partial charge in [-0.3, -0.25) is 4.79 Å². The fraction of sp³-hybridized carbons (Fsp3) is 0.900. The van der Waals surface area contributed by atoms with Gasteiger partial charge in [-0.1, -0.05) is 6.42 Å². The maximum Gasteiger partial charge on any atom is 0.305 e. The molecule has 0 aromatic heterocycles. The Labute approximate surface area is 94.6 Å². The third-order valence-corrected chi connectivity index (χ3v) is 4.19. The number of carbonyl (C=O) groups excluding carboxylic acids is 1. The molecule has 0 amide bonds. The highest BCUT2D eigenvalue weighted by Gasteiger charge is 2.32. The van der Waals surface area contributed by atoms with Crippen LogP contribution in [0.4, 0.5) is 0 Å².